The number of nitrogens with one attached hydrogen (secondary N) is 1. The second-order valence-electron chi connectivity index (χ2n) is 4.57. The van der Waals surface area contributed by atoms with Gasteiger partial charge in [-0.15, -0.1) is 0 Å². The van der Waals surface area contributed by atoms with Crippen LogP contribution in [0, 0.1) is 6.92 Å². The van der Waals surface area contributed by atoms with Crippen molar-refractivity contribution < 1.29 is 4.79 Å². The van der Waals surface area contributed by atoms with Crippen LogP contribution >= 0.6 is 0 Å². The van der Waals surface area contributed by atoms with Crippen LogP contribution in [0.2, 0.25) is 0 Å². The largest absolute Gasteiger partial charge is 0.383 e. The van der Waals surface area contributed by atoms with Gasteiger partial charge in [-0.1, -0.05) is 6.92 Å². The van der Waals surface area contributed by atoms with E-state index in [0.29, 0.717) is 30.4 Å². The summed E-state index contributed by atoms with van der Waals surface area (Å²) in [5, 5.41) is 3.12. The van der Waals surface area contributed by atoms with E-state index in [1.165, 1.54) is 0 Å². The number of aromatic nitrogens is 2. The van der Waals surface area contributed by atoms with Crippen molar-refractivity contribution in [2.45, 2.75) is 40.2 Å². The first-order valence-corrected chi connectivity index (χ1v) is 6.55. The van der Waals surface area contributed by atoms with Crippen molar-refractivity contribution in [1.29, 1.82) is 0 Å². The van der Waals surface area contributed by atoms with Crippen LogP contribution in [0.25, 0.3) is 0 Å². The number of hydrogen-bond donors (Lipinski definition) is 2. The van der Waals surface area contributed by atoms with Gasteiger partial charge in [-0.2, -0.15) is 0 Å². The summed E-state index contributed by atoms with van der Waals surface area (Å²) < 4.78 is 0. The molecule has 1 heterocycles. The Kier molecular flexibility index (Phi) is 5.09. The zero-order valence-electron chi connectivity index (χ0n) is 12.3. The number of nitrogen functional groups attached to an aromatic ring is 1. The third-order valence-electron chi connectivity index (χ3n) is 3.12. The van der Waals surface area contributed by atoms with Crippen molar-refractivity contribution >= 4 is 17.5 Å². The molecule has 1 unspecified atom stereocenters. The molecule has 1 rings (SSSR count). The molecule has 1 atom stereocenters. The minimum atomic E-state index is -0.345. The molecular formula is C13H23N5O. The summed E-state index contributed by atoms with van der Waals surface area (Å²) in [5.41, 5.74) is 6.62. The minimum Gasteiger partial charge on any atom is -0.383 e. The number of carbonyl (C=O) groups excluding carboxylic acids is 1. The minimum absolute atomic E-state index is 0.0251. The van der Waals surface area contributed by atoms with Gasteiger partial charge in [0, 0.05) is 25.6 Å². The highest BCUT2D eigenvalue weighted by Crippen LogP contribution is 2.18. The quantitative estimate of drug-likeness (QED) is 0.836. The zero-order chi connectivity index (χ0) is 14.6. The molecule has 0 saturated carbocycles. The smallest absolute Gasteiger partial charge is 0.244 e. The Morgan fingerprint density at radius 2 is 2.05 bits per heavy atom. The van der Waals surface area contributed by atoms with Crippen molar-refractivity contribution in [1.82, 2.24) is 14.9 Å². The normalized spacial score (nSPS) is 12.1. The van der Waals surface area contributed by atoms with E-state index in [0.717, 1.165) is 5.56 Å². The van der Waals surface area contributed by atoms with Gasteiger partial charge in [0.2, 0.25) is 5.91 Å². The Balaban J connectivity index is 2.93. The number of carbonyl (C=O) groups is 1. The molecule has 6 heteroatoms. The number of hydrogen-bond acceptors (Lipinski definition) is 5. The summed E-state index contributed by atoms with van der Waals surface area (Å²) in [6.07, 6.45) is 0.705. The molecule has 6 nitrogen and oxygen atoms in total. The van der Waals surface area contributed by atoms with Crippen LogP contribution in [0.3, 0.4) is 0 Å². The van der Waals surface area contributed by atoms with E-state index < -0.39 is 0 Å². The average molecular weight is 265 g/mol. The summed E-state index contributed by atoms with van der Waals surface area (Å²) >= 11 is 0. The lowest BCUT2D eigenvalue weighted by Gasteiger charge is -2.22. The summed E-state index contributed by atoms with van der Waals surface area (Å²) in [6, 6.07) is -0.345. The van der Waals surface area contributed by atoms with Gasteiger partial charge < -0.3 is 16.0 Å². The van der Waals surface area contributed by atoms with Gasteiger partial charge in [0.1, 0.15) is 23.5 Å². The molecule has 0 aliphatic rings. The van der Waals surface area contributed by atoms with Crippen LogP contribution in [0.4, 0.5) is 11.6 Å². The van der Waals surface area contributed by atoms with Gasteiger partial charge in [-0.3, -0.25) is 4.79 Å². The molecule has 1 amide bonds. The molecule has 19 heavy (non-hydrogen) atoms. The van der Waals surface area contributed by atoms with Crippen molar-refractivity contribution in [3.05, 3.63) is 11.4 Å². The molecule has 0 spiro atoms. The fourth-order valence-corrected chi connectivity index (χ4v) is 1.63. The SMILES string of the molecule is CCc1nc(N)c(C)c(NC(C)C(=O)N(C)CC)n1. The highest BCUT2D eigenvalue weighted by Gasteiger charge is 2.18. The van der Waals surface area contributed by atoms with E-state index in [1.54, 1.807) is 11.9 Å². The maximum Gasteiger partial charge on any atom is 0.244 e. The standard InChI is InChI=1S/C13H23N5O/c1-6-10-16-11(14)8(3)12(17-10)15-9(4)13(19)18(5)7-2/h9H,6-7H2,1-5H3,(H3,14,15,16,17). The van der Waals surface area contributed by atoms with Gasteiger partial charge in [0.05, 0.1) is 0 Å². The second kappa shape index (κ2) is 6.36. The van der Waals surface area contributed by atoms with Gasteiger partial charge in [0.15, 0.2) is 0 Å². The fraction of sp³-hybridized carbons (Fsp3) is 0.615. The van der Waals surface area contributed by atoms with E-state index >= 15 is 0 Å². The molecule has 0 aliphatic heterocycles. The number of nitrogens with zero attached hydrogens (tertiary/aromatic N) is 3. The van der Waals surface area contributed by atoms with E-state index in [1.807, 2.05) is 27.7 Å². The summed E-state index contributed by atoms with van der Waals surface area (Å²) in [4.78, 5) is 22.3. The molecule has 0 fully saturated rings. The predicted molar refractivity (Wildman–Crippen MR) is 77.0 cm³/mol. The van der Waals surface area contributed by atoms with Crippen molar-refractivity contribution in [2.75, 3.05) is 24.6 Å². The summed E-state index contributed by atoms with van der Waals surface area (Å²) in [5.74, 6) is 1.79. The third-order valence-corrected chi connectivity index (χ3v) is 3.12. The lowest BCUT2D eigenvalue weighted by atomic mass is 10.2. The number of rotatable bonds is 5. The zero-order valence-corrected chi connectivity index (χ0v) is 12.3. The first-order chi connectivity index (χ1) is 8.90. The fourth-order valence-electron chi connectivity index (χ4n) is 1.63. The molecule has 0 aromatic carbocycles. The van der Waals surface area contributed by atoms with E-state index in [2.05, 4.69) is 15.3 Å². The van der Waals surface area contributed by atoms with Crippen LogP contribution in [0.5, 0.6) is 0 Å². The molecule has 3 N–H and O–H groups in total. The summed E-state index contributed by atoms with van der Waals surface area (Å²) in [7, 11) is 1.78. The molecule has 0 radical (unpaired) electrons. The summed E-state index contributed by atoms with van der Waals surface area (Å²) in [6.45, 7) is 8.24. The number of aryl methyl sites for hydroxylation is 1. The molecule has 1 aromatic heterocycles. The maximum atomic E-state index is 12.0. The highest BCUT2D eigenvalue weighted by molar-refractivity contribution is 5.84. The number of nitrogens with two attached hydrogens (primary N) is 1. The lowest BCUT2D eigenvalue weighted by Crippen LogP contribution is -2.39. The van der Waals surface area contributed by atoms with Crippen LogP contribution in [0.15, 0.2) is 0 Å². The van der Waals surface area contributed by atoms with Crippen molar-refractivity contribution in [3.63, 3.8) is 0 Å². The van der Waals surface area contributed by atoms with Gasteiger partial charge >= 0.3 is 0 Å². The van der Waals surface area contributed by atoms with Crippen LogP contribution in [-0.2, 0) is 11.2 Å². The van der Waals surface area contributed by atoms with Crippen LogP contribution < -0.4 is 11.1 Å². The van der Waals surface area contributed by atoms with Crippen LogP contribution in [0.1, 0.15) is 32.2 Å². The Morgan fingerprint density at radius 3 is 2.58 bits per heavy atom. The Morgan fingerprint density at radius 1 is 1.42 bits per heavy atom. The van der Waals surface area contributed by atoms with Crippen molar-refractivity contribution in [3.8, 4) is 0 Å². The van der Waals surface area contributed by atoms with Gasteiger partial charge in [-0.05, 0) is 20.8 Å². The van der Waals surface area contributed by atoms with Crippen molar-refractivity contribution in [2.24, 2.45) is 0 Å². The van der Waals surface area contributed by atoms with E-state index in [4.69, 9.17) is 5.73 Å². The van der Waals surface area contributed by atoms with Crippen LogP contribution in [-0.4, -0.2) is 40.4 Å². The molecular weight excluding hydrogens is 242 g/mol. The molecule has 0 bridgehead atoms. The Labute approximate surface area is 114 Å². The molecule has 106 valence electrons. The van der Waals surface area contributed by atoms with Gasteiger partial charge in [0.25, 0.3) is 0 Å². The topological polar surface area (TPSA) is 84.1 Å². The molecule has 0 aliphatic carbocycles. The monoisotopic (exact) mass is 265 g/mol. The Bertz CT molecular complexity index is 461. The Hall–Kier alpha value is -1.85. The molecule has 0 saturated heterocycles. The highest BCUT2D eigenvalue weighted by atomic mass is 16.2. The number of anilines is 2. The predicted octanol–water partition coefficient (Wildman–Crippen LogP) is 1.21. The maximum absolute atomic E-state index is 12.0. The van der Waals surface area contributed by atoms with E-state index in [9.17, 15) is 4.79 Å². The third kappa shape index (κ3) is 3.56. The number of amides is 1. The first kappa shape index (κ1) is 15.2. The second-order valence-corrected chi connectivity index (χ2v) is 4.57. The lowest BCUT2D eigenvalue weighted by molar-refractivity contribution is -0.130. The first-order valence-electron chi connectivity index (χ1n) is 6.55. The van der Waals surface area contributed by atoms with E-state index in [-0.39, 0.29) is 11.9 Å². The van der Waals surface area contributed by atoms with Gasteiger partial charge in [-0.25, -0.2) is 9.97 Å². The average Bonchev–Trinajstić information content (AvgIpc) is 2.41. The number of likely N-dealkylation sites (N-methyl/N-ethyl adjacent to an activating group) is 1. The molecule has 1 aromatic rings.